The molecule has 0 radical (unpaired) electrons. The highest BCUT2D eigenvalue weighted by atomic mass is 35.5. The van der Waals surface area contributed by atoms with Gasteiger partial charge in [0.15, 0.2) is 0 Å². The van der Waals surface area contributed by atoms with Crippen LogP contribution in [0.5, 0.6) is 5.88 Å². The molecule has 0 amide bonds. The second-order valence-corrected chi connectivity index (χ2v) is 4.19. The lowest BCUT2D eigenvalue weighted by atomic mass is 10.1. The SMILES string of the molecule is CCCc1c(Cl)ncnc1-c1ccnc(OC)c1. The van der Waals surface area contributed by atoms with E-state index in [4.69, 9.17) is 16.3 Å². The summed E-state index contributed by atoms with van der Waals surface area (Å²) in [6.45, 7) is 2.10. The maximum atomic E-state index is 6.13. The third-order valence-electron chi connectivity index (χ3n) is 2.61. The molecular formula is C13H14ClN3O. The number of pyridine rings is 1. The van der Waals surface area contributed by atoms with Gasteiger partial charge in [0.1, 0.15) is 11.5 Å². The van der Waals surface area contributed by atoms with Gasteiger partial charge in [0.2, 0.25) is 5.88 Å². The Hall–Kier alpha value is -1.68. The van der Waals surface area contributed by atoms with E-state index in [1.54, 1.807) is 13.3 Å². The van der Waals surface area contributed by atoms with E-state index in [9.17, 15) is 0 Å². The molecule has 0 aliphatic heterocycles. The molecule has 0 bridgehead atoms. The van der Waals surface area contributed by atoms with Crippen molar-refractivity contribution in [2.24, 2.45) is 0 Å². The molecule has 0 saturated carbocycles. The van der Waals surface area contributed by atoms with Crippen molar-refractivity contribution in [2.75, 3.05) is 7.11 Å². The number of hydrogen-bond acceptors (Lipinski definition) is 4. The summed E-state index contributed by atoms with van der Waals surface area (Å²) >= 11 is 6.13. The van der Waals surface area contributed by atoms with Crippen LogP contribution in [-0.4, -0.2) is 22.1 Å². The molecule has 0 fully saturated rings. The Morgan fingerprint density at radius 3 is 2.83 bits per heavy atom. The van der Waals surface area contributed by atoms with Crippen molar-refractivity contribution in [1.82, 2.24) is 15.0 Å². The molecule has 2 aromatic rings. The smallest absolute Gasteiger partial charge is 0.213 e. The minimum atomic E-state index is 0.512. The van der Waals surface area contributed by atoms with Gasteiger partial charge in [-0.2, -0.15) is 0 Å². The first kappa shape index (κ1) is 12.8. The molecule has 5 heteroatoms. The summed E-state index contributed by atoms with van der Waals surface area (Å²) in [6, 6.07) is 3.73. The second-order valence-electron chi connectivity index (χ2n) is 3.83. The lowest BCUT2D eigenvalue weighted by Crippen LogP contribution is -1.97. The van der Waals surface area contributed by atoms with Gasteiger partial charge in [0.05, 0.1) is 12.8 Å². The molecule has 0 aromatic carbocycles. The summed E-state index contributed by atoms with van der Waals surface area (Å²) in [6.07, 6.45) is 5.01. The van der Waals surface area contributed by atoms with Gasteiger partial charge in [-0.25, -0.2) is 15.0 Å². The van der Waals surface area contributed by atoms with Crippen molar-refractivity contribution in [1.29, 1.82) is 0 Å². The van der Waals surface area contributed by atoms with E-state index >= 15 is 0 Å². The van der Waals surface area contributed by atoms with Crippen LogP contribution in [0.25, 0.3) is 11.3 Å². The van der Waals surface area contributed by atoms with Gasteiger partial charge in [-0.1, -0.05) is 24.9 Å². The highest BCUT2D eigenvalue weighted by molar-refractivity contribution is 6.30. The highest BCUT2D eigenvalue weighted by Gasteiger charge is 2.11. The first-order chi connectivity index (χ1) is 8.76. The summed E-state index contributed by atoms with van der Waals surface area (Å²) in [7, 11) is 1.59. The molecule has 0 unspecified atom stereocenters. The molecule has 18 heavy (non-hydrogen) atoms. The molecule has 4 nitrogen and oxygen atoms in total. The Morgan fingerprint density at radius 1 is 1.28 bits per heavy atom. The number of hydrogen-bond donors (Lipinski definition) is 0. The fourth-order valence-corrected chi connectivity index (χ4v) is 2.01. The lowest BCUT2D eigenvalue weighted by molar-refractivity contribution is 0.398. The number of halogens is 1. The van der Waals surface area contributed by atoms with Gasteiger partial charge < -0.3 is 4.74 Å². The predicted molar refractivity (Wildman–Crippen MR) is 70.8 cm³/mol. The molecule has 0 aliphatic carbocycles. The van der Waals surface area contributed by atoms with Crippen LogP contribution in [-0.2, 0) is 6.42 Å². The number of nitrogens with zero attached hydrogens (tertiary/aromatic N) is 3. The standard InChI is InChI=1S/C13H14ClN3O/c1-3-4-10-12(16-8-17-13(10)14)9-5-6-15-11(7-9)18-2/h5-8H,3-4H2,1-2H3. The van der Waals surface area contributed by atoms with Gasteiger partial charge in [-0.05, 0) is 12.5 Å². The minimum absolute atomic E-state index is 0.512. The molecule has 2 rings (SSSR count). The molecule has 2 heterocycles. The van der Waals surface area contributed by atoms with E-state index in [-0.39, 0.29) is 0 Å². The highest BCUT2D eigenvalue weighted by Crippen LogP contribution is 2.27. The number of methoxy groups -OCH3 is 1. The average molecular weight is 264 g/mol. The van der Waals surface area contributed by atoms with Gasteiger partial charge in [0.25, 0.3) is 0 Å². The Balaban J connectivity index is 2.52. The molecule has 0 saturated heterocycles. The van der Waals surface area contributed by atoms with Crippen LogP contribution in [0.3, 0.4) is 0 Å². The zero-order valence-electron chi connectivity index (χ0n) is 10.4. The summed E-state index contributed by atoms with van der Waals surface area (Å²) in [5.74, 6) is 0.560. The van der Waals surface area contributed by atoms with Gasteiger partial charge >= 0.3 is 0 Å². The van der Waals surface area contributed by atoms with Crippen LogP contribution in [0.2, 0.25) is 5.15 Å². The zero-order valence-corrected chi connectivity index (χ0v) is 11.1. The van der Waals surface area contributed by atoms with Crippen LogP contribution in [0.4, 0.5) is 0 Å². The first-order valence-corrected chi connectivity index (χ1v) is 6.13. The topological polar surface area (TPSA) is 47.9 Å². The third-order valence-corrected chi connectivity index (χ3v) is 2.94. The summed E-state index contributed by atoms with van der Waals surface area (Å²) in [5, 5.41) is 0.512. The van der Waals surface area contributed by atoms with E-state index in [0.29, 0.717) is 11.0 Å². The lowest BCUT2D eigenvalue weighted by Gasteiger charge is -2.09. The van der Waals surface area contributed by atoms with Crippen molar-refractivity contribution >= 4 is 11.6 Å². The van der Waals surface area contributed by atoms with Crippen LogP contribution in [0.15, 0.2) is 24.7 Å². The molecule has 0 N–H and O–H groups in total. The van der Waals surface area contributed by atoms with E-state index in [1.165, 1.54) is 6.33 Å². The average Bonchev–Trinajstić information content (AvgIpc) is 2.41. The van der Waals surface area contributed by atoms with Crippen molar-refractivity contribution in [3.05, 3.63) is 35.4 Å². The van der Waals surface area contributed by atoms with E-state index < -0.39 is 0 Å². The van der Waals surface area contributed by atoms with E-state index in [2.05, 4.69) is 21.9 Å². The van der Waals surface area contributed by atoms with Crippen molar-refractivity contribution < 1.29 is 4.74 Å². The molecule has 0 atom stereocenters. The second kappa shape index (κ2) is 5.78. The molecule has 0 aliphatic rings. The Bertz CT molecular complexity index is 546. The Kier molecular flexibility index (Phi) is 4.10. The van der Waals surface area contributed by atoms with Crippen molar-refractivity contribution in [2.45, 2.75) is 19.8 Å². The molecule has 0 spiro atoms. The van der Waals surface area contributed by atoms with Gasteiger partial charge in [-0.3, -0.25) is 0 Å². The van der Waals surface area contributed by atoms with Crippen molar-refractivity contribution in [3.8, 4) is 17.1 Å². The third kappa shape index (κ3) is 2.59. The molecule has 94 valence electrons. The predicted octanol–water partition coefficient (Wildman–Crippen LogP) is 3.15. The quantitative estimate of drug-likeness (QED) is 0.795. The number of aromatic nitrogens is 3. The number of rotatable bonds is 4. The Morgan fingerprint density at radius 2 is 2.11 bits per heavy atom. The molecule has 2 aromatic heterocycles. The maximum Gasteiger partial charge on any atom is 0.213 e. The normalized spacial score (nSPS) is 10.4. The fourth-order valence-electron chi connectivity index (χ4n) is 1.78. The van der Waals surface area contributed by atoms with E-state index in [0.717, 1.165) is 29.7 Å². The van der Waals surface area contributed by atoms with Crippen molar-refractivity contribution in [3.63, 3.8) is 0 Å². The largest absolute Gasteiger partial charge is 0.481 e. The summed E-state index contributed by atoms with van der Waals surface area (Å²) in [5.41, 5.74) is 2.75. The number of ether oxygens (including phenoxy) is 1. The first-order valence-electron chi connectivity index (χ1n) is 5.76. The van der Waals surface area contributed by atoms with Gasteiger partial charge in [0, 0.05) is 23.4 Å². The fraction of sp³-hybridized carbons (Fsp3) is 0.308. The van der Waals surface area contributed by atoms with Gasteiger partial charge in [-0.15, -0.1) is 0 Å². The van der Waals surface area contributed by atoms with Crippen LogP contribution in [0, 0.1) is 0 Å². The van der Waals surface area contributed by atoms with Crippen LogP contribution >= 0.6 is 11.6 Å². The zero-order chi connectivity index (χ0) is 13.0. The maximum absolute atomic E-state index is 6.13. The monoisotopic (exact) mass is 263 g/mol. The Labute approximate surface area is 111 Å². The van der Waals surface area contributed by atoms with Crippen LogP contribution < -0.4 is 4.74 Å². The summed E-state index contributed by atoms with van der Waals surface area (Å²) < 4.78 is 5.12. The van der Waals surface area contributed by atoms with Crippen LogP contribution in [0.1, 0.15) is 18.9 Å². The van der Waals surface area contributed by atoms with E-state index in [1.807, 2.05) is 12.1 Å². The summed E-state index contributed by atoms with van der Waals surface area (Å²) in [4.78, 5) is 12.4. The minimum Gasteiger partial charge on any atom is -0.481 e. The molecular weight excluding hydrogens is 250 g/mol.